The Kier molecular flexibility index (Phi) is 3.61. The Morgan fingerprint density at radius 2 is 2.06 bits per heavy atom. The number of nitro groups is 1. The molecule has 0 fully saturated rings. The highest BCUT2D eigenvalue weighted by Crippen LogP contribution is 2.39. The average molecular weight is 253 g/mol. The van der Waals surface area contributed by atoms with Crippen LogP contribution in [0.15, 0.2) is 12.1 Å². The molecule has 0 unspecified atom stereocenters. The van der Waals surface area contributed by atoms with E-state index in [2.05, 4.69) is 0 Å². The van der Waals surface area contributed by atoms with Gasteiger partial charge in [-0.25, -0.2) is 8.78 Å². The monoisotopic (exact) mass is 252 g/mol. The zero-order valence-electron chi connectivity index (χ0n) is 7.73. The number of rotatable bonds is 3. The lowest BCUT2D eigenvalue weighted by atomic mass is 10.0. The quantitative estimate of drug-likeness (QED) is 0.637. The van der Waals surface area contributed by atoms with Gasteiger partial charge in [0.1, 0.15) is 11.8 Å². The number of nitro benzene ring substituents is 1. The molecule has 16 heavy (non-hydrogen) atoms. The van der Waals surface area contributed by atoms with Gasteiger partial charge in [-0.15, -0.1) is 0 Å². The number of aromatic hydroxyl groups is 1. The van der Waals surface area contributed by atoms with Gasteiger partial charge in [0.05, 0.1) is 15.5 Å². The number of phenolic OH excluding ortho intramolecular Hbond substituents is 1. The van der Waals surface area contributed by atoms with Crippen LogP contribution in [0.1, 0.15) is 11.6 Å². The molecule has 88 valence electrons. The van der Waals surface area contributed by atoms with Crippen LogP contribution in [0.5, 0.6) is 5.75 Å². The number of hydrogen-bond donors (Lipinski definition) is 2. The largest absolute Gasteiger partial charge is 0.506 e. The fraction of sp³-hybridized carbons (Fsp3) is 0.250. The lowest BCUT2D eigenvalue weighted by Crippen LogP contribution is -2.20. The fourth-order valence-corrected chi connectivity index (χ4v) is 1.35. The van der Waals surface area contributed by atoms with E-state index in [4.69, 9.17) is 17.3 Å². The molecule has 0 aliphatic heterocycles. The van der Waals surface area contributed by atoms with Crippen LogP contribution in [0.2, 0.25) is 5.02 Å². The van der Waals surface area contributed by atoms with Crippen LogP contribution in [0.3, 0.4) is 0 Å². The smallest absolute Gasteiger partial charge is 0.278 e. The normalized spacial score (nSPS) is 12.8. The maximum atomic E-state index is 12.4. The molecule has 0 aliphatic rings. The number of benzene rings is 1. The standard InChI is InChI=1S/C8H7ClF2N2O3/c9-3-1-2-4(13(15)16)5(7(3)14)6(12)8(10)11/h1-2,6,8,14H,12H2/t6-/m0/s1. The Morgan fingerprint density at radius 1 is 1.50 bits per heavy atom. The third-order valence-electron chi connectivity index (χ3n) is 1.95. The second-order valence-electron chi connectivity index (χ2n) is 2.95. The van der Waals surface area contributed by atoms with Gasteiger partial charge in [-0.3, -0.25) is 10.1 Å². The average Bonchev–Trinajstić information content (AvgIpc) is 2.20. The molecule has 0 radical (unpaired) electrons. The van der Waals surface area contributed by atoms with Gasteiger partial charge in [0.15, 0.2) is 0 Å². The molecule has 1 rings (SSSR count). The summed E-state index contributed by atoms with van der Waals surface area (Å²) in [5.41, 5.74) is 3.73. The van der Waals surface area contributed by atoms with Crippen molar-refractivity contribution in [2.24, 2.45) is 5.73 Å². The van der Waals surface area contributed by atoms with Gasteiger partial charge in [-0.1, -0.05) is 11.6 Å². The molecule has 0 bridgehead atoms. The summed E-state index contributed by atoms with van der Waals surface area (Å²) in [6.45, 7) is 0. The number of phenols is 1. The molecule has 0 aliphatic carbocycles. The molecular weight excluding hydrogens is 246 g/mol. The molecule has 5 nitrogen and oxygen atoms in total. The second-order valence-corrected chi connectivity index (χ2v) is 3.35. The van der Waals surface area contributed by atoms with Crippen LogP contribution in [0, 0.1) is 10.1 Å². The maximum Gasteiger partial charge on any atom is 0.278 e. The van der Waals surface area contributed by atoms with Gasteiger partial charge >= 0.3 is 0 Å². The van der Waals surface area contributed by atoms with Crippen LogP contribution in [-0.2, 0) is 0 Å². The fourth-order valence-electron chi connectivity index (χ4n) is 1.18. The van der Waals surface area contributed by atoms with Crippen molar-refractivity contribution in [3.05, 3.63) is 32.8 Å². The summed E-state index contributed by atoms with van der Waals surface area (Å²) >= 11 is 5.47. The SMILES string of the molecule is N[C@@H](c1c([N+](=O)[O-])ccc(Cl)c1O)C(F)F. The van der Waals surface area contributed by atoms with E-state index in [1.54, 1.807) is 0 Å². The van der Waals surface area contributed by atoms with E-state index in [9.17, 15) is 24.0 Å². The molecule has 0 spiro atoms. The minimum Gasteiger partial charge on any atom is -0.506 e. The van der Waals surface area contributed by atoms with Crippen molar-refractivity contribution < 1.29 is 18.8 Å². The predicted octanol–water partition coefficient (Wildman–Crippen LogP) is 2.22. The first-order valence-electron chi connectivity index (χ1n) is 4.05. The van der Waals surface area contributed by atoms with E-state index in [0.717, 1.165) is 12.1 Å². The van der Waals surface area contributed by atoms with Gasteiger partial charge in [0.2, 0.25) is 0 Å². The Labute approximate surface area is 93.6 Å². The van der Waals surface area contributed by atoms with E-state index in [0.29, 0.717) is 0 Å². The topological polar surface area (TPSA) is 89.4 Å². The number of nitrogens with zero attached hydrogens (tertiary/aromatic N) is 1. The highest BCUT2D eigenvalue weighted by atomic mass is 35.5. The summed E-state index contributed by atoms with van der Waals surface area (Å²) in [7, 11) is 0. The van der Waals surface area contributed by atoms with Crippen molar-refractivity contribution in [2.45, 2.75) is 12.5 Å². The highest BCUT2D eigenvalue weighted by Gasteiger charge is 2.30. The first-order chi connectivity index (χ1) is 7.36. The summed E-state index contributed by atoms with van der Waals surface area (Å²) in [4.78, 5) is 9.65. The van der Waals surface area contributed by atoms with Crippen LogP contribution in [-0.4, -0.2) is 16.5 Å². The molecule has 0 saturated heterocycles. The minimum absolute atomic E-state index is 0.267. The van der Waals surface area contributed by atoms with Gasteiger partial charge < -0.3 is 10.8 Å². The van der Waals surface area contributed by atoms with E-state index >= 15 is 0 Å². The lowest BCUT2D eigenvalue weighted by molar-refractivity contribution is -0.386. The van der Waals surface area contributed by atoms with Crippen LogP contribution >= 0.6 is 11.6 Å². The van der Waals surface area contributed by atoms with Crippen molar-refractivity contribution in [2.75, 3.05) is 0 Å². The van der Waals surface area contributed by atoms with Crippen molar-refractivity contribution in [3.8, 4) is 5.75 Å². The lowest BCUT2D eigenvalue weighted by Gasteiger charge is -2.13. The van der Waals surface area contributed by atoms with E-state index in [1.807, 2.05) is 0 Å². The van der Waals surface area contributed by atoms with Crippen LogP contribution < -0.4 is 5.73 Å². The van der Waals surface area contributed by atoms with E-state index < -0.39 is 34.4 Å². The zero-order chi connectivity index (χ0) is 12.5. The summed E-state index contributed by atoms with van der Waals surface area (Å²) in [6, 6.07) is -0.00447. The molecule has 3 N–H and O–H groups in total. The summed E-state index contributed by atoms with van der Waals surface area (Å²) < 4.78 is 24.7. The van der Waals surface area contributed by atoms with Gasteiger partial charge in [0.25, 0.3) is 12.1 Å². The number of nitrogens with two attached hydrogens (primary N) is 1. The summed E-state index contributed by atoms with van der Waals surface area (Å²) in [5, 5.41) is 19.7. The van der Waals surface area contributed by atoms with E-state index in [-0.39, 0.29) is 5.02 Å². The van der Waals surface area contributed by atoms with E-state index in [1.165, 1.54) is 0 Å². The Balaban J connectivity index is 3.43. The summed E-state index contributed by atoms with van der Waals surface area (Å²) in [5.74, 6) is -0.788. The molecule has 0 saturated carbocycles. The third kappa shape index (κ3) is 2.20. The molecular formula is C8H7ClF2N2O3. The summed E-state index contributed by atoms with van der Waals surface area (Å²) in [6.07, 6.45) is -3.04. The number of halogens is 3. The van der Waals surface area contributed by atoms with Crippen molar-refractivity contribution in [1.82, 2.24) is 0 Å². The molecule has 1 aromatic carbocycles. The highest BCUT2D eigenvalue weighted by molar-refractivity contribution is 6.32. The van der Waals surface area contributed by atoms with Gasteiger partial charge in [-0.2, -0.15) is 0 Å². The number of hydrogen-bond acceptors (Lipinski definition) is 4. The molecule has 1 aromatic rings. The zero-order valence-corrected chi connectivity index (χ0v) is 8.49. The third-order valence-corrected chi connectivity index (χ3v) is 2.25. The van der Waals surface area contributed by atoms with Crippen molar-refractivity contribution >= 4 is 17.3 Å². The molecule has 1 atom stereocenters. The van der Waals surface area contributed by atoms with Gasteiger partial charge in [-0.05, 0) is 6.07 Å². The first kappa shape index (κ1) is 12.6. The van der Waals surface area contributed by atoms with Crippen molar-refractivity contribution in [1.29, 1.82) is 0 Å². The molecule has 0 heterocycles. The van der Waals surface area contributed by atoms with Gasteiger partial charge in [0, 0.05) is 6.07 Å². The second kappa shape index (κ2) is 4.58. The predicted molar refractivity (Wildman–Crippen MR) is 52.7 cm³/mol. The van der Waals surface area contributed by atoms with Crippen LogP contribution in [0.25, 0.3) is 0 Å². The Hall–Kier alpha value is -1.47. The maximum absolute atomic E-state index is 12.4. The van der Waals surface area contributed by atoms with Crippen molar-refractivity contribution in [3.63, 3.8) is 0 Å². The first-order valence-corrected chi connectivity index (χ1v) is 4.43. The number of alkyl halides is 2. The molecule has 8 heteroatoms. The Bertz CT molecular complexity index is 428. The molecule has 0 amide bonds. The molecule has 0 aromatic heterocycles. The Morgan fingerprint density at radius 3 is 2.50 bits per heavy atom. The van der Waals surface area contributed by atoms with Crippen LogP contribution in [0.4, 0.5) is 14.5 Å². The minimum atomic E-state index is -3.04.